The minimum absolute atomic E-state index is 0.161. The monoisotopic (exact) mass is 285 g/mol. The number of esters is 1. The van der Waals surface area contributed by atoms with Crippen molar-refractivity contribution < 1.29 is 9.53 Å². The average Bonchev–Trinajstić information content (AvgIpc) is 2.42. The smallest absolute Gasteiger partial charge is 0.325 e. The van der Waals surface area contributed by atoms with Gasteiger partial charge in [0.1, 0.15) is 5.54 Å². The molecule has 1 N–H and O–H groups in total. The first-order chi connectivity index (χ1) is 9.42. The maximum Gasteiger partial charge on any atom is 0.325 e. The zero-order valence-corrected chi connectivity index (χ0v) is 13.7. The van der Waals surface area contributed by atoms with E-state index in [1.807, 2.05) is 13.8 Å². The Kier molecular flexibility index (Phi) is 6.92. The molecule has 5 nitrogen and oxygen atoms in total. The maximum atomic E-state index is 11.9. The standard InChI is InChI=1S/C15H31N3O2/c1-6-16-15(3,14(19)20-5)8-7-9-18-11-10-17(4)13(2)12-18/h13,16H,6-12H2,1-5H3. The van der Waals surface area contributed by atoms with Gasteiger partial charge in [0.15, 0.2) is 0 Å². The van der Waals surface area contributed by atoms with Gasteiger partial charge in [-0.1, -0.05) is 6.92 Å². The molecule has 1 fully saturated rings. The summed E-state index contributed by atoms with van der Waals surface area (Å²) in [4.78, 5) is 16.8. The Bertz CT molecular complexity index is 311. The lowest BCUT2D eigenvalue weighted by atomic mass is 9.95. The predicted molar refractivity (Wildman–Crippen MR) is 81.9 cm³/mol. The van der Waals surface area contributed by atoms with Crippen LogP contribution in [0, 0.1) is 0 Å². The number of carbonyl (C=O) groups excluding carboxylic acids is 1. The van der Waals surface area contributed by atoms with Crippen molar-refractivity contribution in [2.45, 2.75) is 45.2 Å². The van der Waals surface area contributed by atoms with Crippen LogP contribution in [0.1, 0.15) is 33.6 Å². The molecule has 0 aromatic rings. The highest BCUT2D eigenvalue weighted by molar-refractivity contribution is 5.80. The van der Waals surface area contributed by atoms with Crippen molar-refractivity contribution in [3.05, 3.63) is 0 Å². The molecule has 1 aliphatic heterocycles. The molecular formula is C15H31N3O2. The lowest BCUT2D eigenvalue weighted by molar-refractivity contribution is -0.148. The number of carbonyl (C=O) groups is 1. The molecule has 1 aliphatic rings. The Hall–Kier alpha value is -0.650. The van der Waals surface area contributed by atoms with Gasteiger partial charge in [-0.15, -0.1) is 0 Å². The van der Waals surface area contributed by atoms with Gasteiger partial charge in [0.2, 0.25) is 0 Å². The first-order valence-electron chi connectivity index (χ1n) is 7.69. The highest BCUT2D eigenvalue weighted by atomic mass is 16.5. The van der Waals surface area contributed by atoms with Gasteiger partial charge in [-0.05, 0) is 46.8 Å². The Morgan fingerprint density at radius 3 is 2.70 bits per heavy atom. The van der Waals surface area contributed by atoms with Crippen LogP contribution in [0.3, 0.4) is 0 Å². The molecule has 0 aliphatic carbocycles. The van der Waals surface area contributed by atoms with Crippen molar-refractivity contribution in [1.29, 1.82) is 0 Å². The second-order valence-electron chi connectivity index (χ2n) is 6.09. The number of piperazine rings is 1. The Morgan fingerprint density at radius 1 is 1.45 bits per heavy atom. The first-order valence-corrected chi connectivity index (χ1v) is 7.69. The van der Waals surface area contributed by atoms with Gasteiger partial charge in [-0.2, -0.15) is 0 Å². The van der Waals surface area contributed by atoms with Crippen LogP contribution < -0.4 is 5.32 Å². The van der Waals surface area contributed by atoms with E-state index in [-0.39, 0.29) is 5.97 Å². The van der Waals surface area contributed by atoms with Gasteiger partial charge >= 0.3 is 5.97 Å². The summed E-state index contributed by atoms with van der Waals surface area (Å²) >= 11 is 0. The number of methoxy groups -OCH3 is 1. The van der Waals surface area contributed by atoms with E-state index in [9.17, 15) is 4.79 Å². The number of likely N-dealkylation sites (N-methyl/N-ethyl adjacent to an activating group) is 2. The second-order valence-corrected chi connectivity index (χ2v) is 6.09. The molecule has 0 aromatic carbocycles. The molecule has 5 heteroatoms. The van der Waals surface area contributed by atoms with Crippen LogP contribution in [-0.2, 0) is 9.53 Å². The van der Waals surface area contributed by atoms with Gasteiger partial charge in [-0.25, -0.2) is 0 Å². The molecule has 0 aromatic heterocycles. The van der Waals surface area contributed by atoms with Crippen molar-refractivity contribution in [1.82, 2.24) is 15.1 Å². The minimum Gasteiger partial charge on any atom is -0.468 e. The maximum absolute atomic E-state index is 11.9. The average molecular weight is 285 g/mol. The van der Waals surface area contributed by atoms with Gasteiger partial charge < -0.3 is 19.9 Å². The van der Waals surface area contributed by atoms with Crippen LogP contribution in [0.2, 0.25) is 0 Å². The highest BCUT2D eigenvalue weighted by Crippen LogP contribution is 2.16. The van der Waals surface area contributed by atoms with Crippen molar-refractivity contribution in [2.75, 3.05) is 46.9 Å². The fourth-order valence-electron chi connectivity index (χ4n) is 2.86. The molecule has 118 valence electrons. The number of nitrogens with one attached hydrogen (secondary N) is 1. The Labute approximate surface area is 123 Å². The van der Waals surface area contributed by atoms with E-state index < -0.39 is 5.54 Å². The molecule has 0 bridgehead atoms. The zero-order chi connectivity index (χ0) is 15.2. The summed E-state index contributed by atoms with van der Waals surface area (Å²) in [5, 5.41) is 3.26. The summed E-state index contributed by atoms with van der Waals surface area (Å²) in [6, 6.07) is 0.615. The molecule has 2 unspecified atom stereocenters. The first kappa shape index (κ1) is 17.4. The molecule has 0 saturated carbocycles. The summed E-state index contributed by atoms with van der Waals surface area (Å²) in [5.74, 6) is -0.161. The van der Waals surface area contributed by atoms with E-state index in [0.717, 1.165) is 45.6 Å². The number of hydrogen-bond donors (Lipinski definition) is 1. The molecule has 1 heterocycles. The van der Waals surface area contributed by atoms with Crippen LogP contribution >= 0.6 is 0 Å². The summed E-state index contributed by atoms with van der Waals surface area (Å²) in [7, 11) is 3.64. The predicted octanol–water partition coefficient (Wildman–Crippen LogP) is 0.944. The van der Waals surface area contributed by atoms with E-state index in [1.54, 1.807) is 0 Å². The van der Waals surface area contributed by atoms with Crippen LogP contribution in [-0.4, -0.2) is 74.2 Å². The van der Waals surface area contributed by atoms with Gasteiger partial charge in [0.05, 0.1) is 7.11 Å². The fourth-order valence-corrected chi connectivity index (χ4v) is 2.86. The summed E-state index contributed by atoms with van der Waals surface area (Å²) in [6.07, 6.45) is 1.82. The van der Waals surface area contributed by atoms with Crippen LogP contribution in [0.25, 0.3) is 0 Å². The molecular weight excluding hydrogens is 254 g/mol. The van der Waals surface area contributed by atoms with E-state index in [1.165, 1.54) is 7.11 Å². The quantitative estimate of drug-likeness (QED) is 0.706. The van der Waals surface area contributed by atoms with E-state index in [0.29, 0.717) is 6.04 Å². The SMILES string of the molecule is CCNC(C)(CCCN1CCN(C)C(C)C1)C(=O)OC. The number of nitrogens with zero attached hydrogens (tertiary/aromatic N) is 2. The van der Waals surface area contributed by atoms with Crippen molar-refractivity contribution in [3.63, 3.8) is 0 Å². The third kappa shape index (κ3) is 4.72. The van der Waals surface area contributed by atoms with E-state index in [2.05, 4.69) is 29.1 Å². The zero-order valence-electron chi connectivity index (χ0n) is 13.7. The third-order valence-electron chi connectivity index (χ3n) is 4.40. The highest BCUT2D eigenvalue weighted by Gasteiger charge is 2.33. The second kappa shape index (κ2) is 7.96. The molecule has 0 amide bonds. The lowest BCUT2D eigenvalue weighted by Gasteiger charge is -2.38. The lowest BCUT2D eigenvalue weighted by Crippen LogP contribution is -2.52. The molecule has 0 radical (unpaired) electrons. The number of ether oxygens (including phenoxy) is 1. The van der Waals surface area contributed by atoms with Gasteiger partial charge in [0.25, 0.3) is 0 Å². The van der Waals surface area contributed by atoms with Crippen molar-refractivity contribution in [2.24, 2.45) is 0 Å². The van der Waals surface area contributed by atoms with E-state index in [4.69, 9.17) is 4.74 Å². The van der Waals surface area contributed by atoms with E-state index >= 15 is 0 Å². The molecule has 20 heavy (non-hydrogen) atoms. The van der Waals surface area contributed by atoms with Crippen molar-refractivity contribution >= 4 is 5.97 Å². The molecule has 0 spiro atoms. The minimum atomic E-state index is -0.554. The number of hydrogen-bond acceptors (Lipinski definition) is 5. The number of rotatable bonds is 7. The summed E-state index contributed by atoms with van der Waals surface area (Å²) < 4.78 is 4.92. The molecule has 2 atom stereocenters. The Morgan fingerprint density at radius 2 is 2.15 bits per heavy atom. The molecule has 1 saturated heterocycles. The summed E-state index contributed by atoms with van der Waals surface area (Å²) in [6.45, 7) is 11.4. The van der Waals surface area contributed by atoms with Crippen LogP contribution in [0.15, 0.2) is 0 Å². The van der Waals surface area contributed by atoms with Crippen LogP contribution in [0.4, 0.5) is 0 Å². The normalized spacial score (nSPS) is 24.4. The molecule has 1 rings (SSSR count). The summed E-state index contributed by atoms with van der Waals surface area (Å²) in [5.41, 5.74) is -0.554. The topological polar surface area (TPSA) is 44.8 Å². The van der Waals surface area contributed by atoms with Crippen molar-refractivity contribution in [3.8, 4) is 0 Å². The fraction of sp³-hybridized carbons (Fsp3) is 0.933. The third-order valence-corrected chi connectivity index (χ3v) is 4.40. The van der Waals surface area contributed by atoms with Gasteiger partial charge in [-0.3, -0.25) is 4.79 Å². The Balaban J connectivity index is 2.39. The van der Waals surface area contributed by atoms with Gasteiger partial charge in [0, 0.05) is 25.7 Å². The largest absolute Gasteiger partial charge is 0.468 e. The van der Waals surface area contributed by atoms with Crippen LogP contribution in [0.5, 0.6) is 0 Å².